The van der Waals surface area contributed by atoms with Crippen molar-refractivity contribution in [3.63, 3.8) is 0 Å². The summed E-state index contributed by atoms with van der Waals surface area (Å²) in [4.78, 5) is 24.8. The topological polar surface area (TPSA) is 69.6 Å². The molecule has 1 aromatic carbocycles. The lowest BCUT2D eigenvalue weighted by molar-refractivity contribution is -0.142. The van der Waals surface area contributed by atoms with Crippen LogP contribution < -0.4 is 5.32 Å². The van der Waals surface area contributed by atoms with Gasteiger partial charge in [-0.25, -0.2) is 9.59 Å². The Morgan fingerprint density at radius 3 is 2.68 bits per heavy atom. The van der Waals surface area contributed by atoms with Crippen LogP contribution in [0.5, 0.6) is 0 Å². The van der Waals surface area contributed by atoms with Gasteiger partial charge in [-0.3, -0.25) is 0 Å². The molecule has 2 amide bonds. The van der Waals surface area contributed by atoms with Crippen molar-refractivity contribution in [1.82, 2.24) is 10.2 Å². The van der Waals surface area contributed by atoms with Crippen molar-refractivity contribution in [2.24, 2.45) is 0 Å². The van der Waals surface area contributed by atoms with Crippen molar-refractivity contribution in [3.8, 4) is 0 Å². The number of carbonyl (C=O) groups is 2. The lowest BCUT2D eigenvalue weighted by Crippen LogP contribution is -2.52. The molecule has 5 heteroatoms. The number of nitrogens with zero attached hydrogens (tertiary/aromatic N) is 1. The predicted octanol–water partition coefficient (Wildman–Crippen LogP) is 1.62. The molecule has 1 unspecified atom stereocenters. The van der Waals surface area contributed by atoms with Crippen LogP contribution in [-0.4, -0.2) is 34.6 Å². The molecule has 19 heavy (non-hydrogen) atoms. The van der Waals surface area contributed by atoms with Crippen molar-refractivity contribution in [1.29, 1.82) is 0 Å². The molecule has 0 spiro atoms. The van der Waals surface area contributed by atoms with Gasteiger partial charge in [0.05, 0.1) is 0 Å². The predicted molar refractivity (Wildman–Crippen MR) is 70.8 cm³/mol. The highest BCUT2D eigenvalue weighted by molar-refractivity contribution is 5.83. The zero-order chi connectivity index (χ0) is 13.8. The quantitative estimate of drug-likeness (QED) is 0.869. The maximum absolute atomic E-state index is 12.0. The van der Waals surface area contributed by atoms with E-state index in [2.05, 4.69) is 5.32 Å². The van der Waals surface area contributed by atoms with Gasteiger partial charge >= 0.3 is 12.0 Å². The number of benzene rings is 1. The van der Waals surface area contributed by atoms with Crippen LogP contribution in [0.1, 0.15) is 24.5 Å². The van der Waals surface area contributed by atoms with Crippen LogP contribution in [0.25, 0.3) is 0 Å². The van der Waals surface area contributed by atoms with E-state index in [0.717, 1.165) is 17.5 Å². The van der Waals surface area contributed by atoms with Crippen molar-refractivity contribution >= 4 is 12.0 Å². The van der Waals surface area contributed by atoms with Crippen molar-refractivity contribution < 1.29 is 14.7 Å². The molecule has 5 nitrogen and oxygen atoms in total. The number of carboxylic acid groups (broad SMARTS) is 1. The van der Waals surface area contributed by atoms with Gasteiger partial charge in [-0.15, -0.1) is 0 Å². The summed E-state index contributed by atoms with van der Waals surface area (Å²) < 4.78 is 0. The van der Waals surface area contributed by atoms with E-state index in [-0.39, 0.29) is 6.03 Å². The second-order valence-corrected chi connectivity index (χ2v) is 4.69. The Morgan fingerprint density at radius 2 is 2.05 bits per heavy atom. The van der Waals surface area contributed by atoms with Crippen LogP contribution in [0.2, 0.25) is 0 Å². The summed E-state index contributed by atoms with van der Waals surface area (Å²) in [6.07, 6.45) is 1.19. The summed E-state index contributed by atoms with van der Waals surface area (Å²) in [5.74, 6) is -0.957. The van der Waals surface area contributed by atoms with Crippen LogP contribution in [0, 0.1) is 0 Å². The fourth-order valence-corrected chi connectivity index (χ4v) is 2.29. The van der Waals surface area contributed by atoms with Crippen molar-refractivity contribution in [2.45, 2.75) is 32.4 Å². The minimum Gasteiger partial charge on any atom is -0.480 e. The third-order valence-electron chi connectivity index (χ3n) is 3.32. The molecule has 0 aliphatic carbocycles. The molecule has 1 aromatic rings. The van der Waals surface area contributed by atoms with Gasteiger partial charge in [0.25, 0.3) is 0 Å². The van der Waals surface area contributed by atoms with Gasteiger partial charge in [0.15, 0.2) is 0 Å². The van der Waals surface area contributed by atoms with Gasteiger partial charge < -0.3 is 15.3 Å². The lowest BCUT2D eigenvalue weighted by Gasteiger charge is -2.34. The minimum atomic E-state index is -0.957. The first kappa shape index (κ1) is 13.4. The van der Waals surface area contributed by atoms with Crippen LogP contribution >= 0.6 is 0 Å². The molecule has 0 aromatic heterocycles. The van der Waals surface area contributed by atoms with E-state index in [1.54, 1.807) is 0 Å². The normalized spacial score (nSPS) is 17.7. The number of carboxylic acids is 1. The fraction of sp³-hybridized carbons (Fsp3) is 0.429. The van der Waals surface area contributed by atoms with Crippen LogP contribution in [0.3, 0.4) is 0 Å². The van der Waals surface area contributed by atoms with Crippen molar-refractivity contribution in [2.75, 3.05) is 6.54 Å². The van der Waals surface area contributed by atoms with Crippen LogP contribution in [0.15, 0.2) is 24.3 Å². The molecule has 2 rings (SSSR count). The minimum absolute atomic E-state index is 0.302. The summed E-state index contributed by atoms with van der Waals surface area (Å²) in [5, 5.41) is 12.0. The second kappa shape index (κ2) is 5.73. The Labute approximate surface area is 112 Å². The number of amides is 2. The zero-order valence-corrected chi connectivity index (χ0v) is 10.9. The number of fused-ring (bicyclic) bond motifs is 1. The van der Waals surface area contributed by atoms with E-state index in [4.69, 9.17) is 0 Å². The van der Waals surface area contributed by atoms with Gasteiger partial charge in [-0.1, -0.05) is 31.2 Å². The Morgan fingerprint density at radius 1 is 1.37 bits per heavy atom. The largest absolute Gasteiger partial charge is 0.480 e. The van der Waals surface area contributed by atoms with E-state index in [9.17, 15) is 14.7 Å². The number of aliphatic carboxylic acids is 1. The van der Waals surface area contributed by atoms with Gasteiger partial charge in [0, 0.05) is 19.5 Å². The van der Waals surface area contributed by atoms with Gasteiger partial charge in [-0.2, -0.15) is 0 Å². The first-order valence-corrected chi connectivity index (χ1v) is 6.47. The molecule has 0 saturated heterocycles. The number of rotatable bonds is 3. The average Bonchev–Trinajstić information content (AvgIpc) is 2.43. The summed E-state index contributed by atoms with van der Waals surface area (Å²) in [7, 11) is 0. The summed E-state index contributed by atoms with van der Waals surface area (Å²) in [6, 6.07) is 6.57. The number of hydrogen-bond acceptors (Lipinski definition) is 2. The molecule has 0 bridgehead atoms. The Bertz CT molecular complexity index is 487. The second-order valence-electron chi connectivity index (χ2n) is 4.69. The molecule has 1 atom stereocenters. The highest BCUT2D eigenvalue weighted by Crippen LogP contribution is 2.23. The van der Waals surface area contributed by atoms with E-state index in [1.165, 1.54) is 4.90 Å². The van der Waals surface area contributed by atoms with E-state index >= 15 is 0 Å². The molecular formula is C14H18N2O3. The lowest BCUT2D eigenvalue weighted by atomic mass is 9.94. The number of carbonyl (C=O) groups excluding carboxylic acids is 1. The molecule has 102 valence electrons. The van der Waals surface area contributed by atoms with Gasteiger partial charge in [-0.05, 0) is 17.5 Å². The first-order valence-electron chi connectivity index (χ1n) is 6.47. The van der Waals surface area contributed by atoms with E-state index < -0.39 is 12.0 Å². The van der Waals surface area contributed by atoms with Gasteiger partial charge in [0.2, 0.25) is 0 Å². The fourth-order valence-electron chi connectivity index (χ4n) is 2.29. The maximum atomic E-state index is 12.0. The molecule has 1 aliphatic heterocycles. The highest BCUT2D eigenvalue weighted by atomic mass is 16.4. The third-order valence-corrected chi connectivity index (χ3v) is 3.32. The molecule has 1 aliphatic rings. The number of urea groups is 1. The monoisotopic (exact) mass is 262 g/mol. The summed E-state index contributed by atoms with van der Waals surface area (Å²) >= 11 is 0. The molecular weight excluding hydrogens is 244 g/mol. The van der Waals surface area contributed by atoms with Crippen LogP contribution in [-0.2, 0) is 17.8 Å². The third kappa shape index (κ3) is 2.86. The summed E-state index contributed by atoms with van der Waals surface area (Å²) in [6.45, 7) is 2.87. The molecule has 0 saturated carbocycles. The standard InChI is InChI=1S/C14H18N2O3/c1-2-7-15-14(19)16-9-11-6-4-3-5-10(11)8-12(16)13(17)18/h3-6,12H,2,7-9H2,1H3,(H,15,19)(H,17,18). The SMILES string of the molecule is CCCNC(=O)N1Cc2ccccc2CC1C(=O)O. The molecule has 2 N–H and O–H groups in total. The number of nitrogens with one attached hydrogen (secondary N) is 1. The highest BCUT2D eigenvalue weighted by Gasteiger charge is 2.34. The first-order chi connectivity index (χ1) is 9.13. The maximum Gasteiger partial charge on any atom is 0.326 e. The molecule has 0 fully saturated rings. The van der Waals surface area contributed by atoms with E-state index in [1.807, 2.05) is 31.2 Å². The Balaban J connectivity index is 2.21. The Kier molecular flexibility index (Phi) is 4.04. The molecule has 0 radical (unpaired) electrons. The Hall–Kier alpha value is -2.04. The van der Waals surface area contributed by atoms with Gasteiger partial charge in [0.1, 0.15) is 6.04 Å². The smallest absolute Gasteiger partial charge is 0.326 e. The van der Waals surface area contributed by atoms with Crippen molar-refractivity contribution in [3.05, 3.63) is 35.4 Å². The van der Waals surface area contributed by atoms with Crippen LogP contribution in [0.4, 0.5) is 4.79 Å². The van der Waals surface area contributed by atoms with E-state index in [0.29, 0.717) is 19.5 Å². The average molecular weight is 262 g/mol. The number of hydrogen-bond donors (Lipinski definition) is 2. The molecule has 1 heterocycles. The summed E-state index contributed by atoms with van der Waals surface area (Å²) in [5.41, 5.74) is 2.03. The zero-order valence-electron chi connectivity index (χ0n) is 10.9.